The molecule has 0 saturated heterocycles. The lowest BCUT2D eigenvalue weighted by molar-refractivity contribution is 0.0129. The third-order valence-electron chi connectivity index (χ3n) is 2.49. The number of aromatic nitrogens is 2. The predicted octanol–water partition coefficient (Wildman–Crippen LogP) is -0.115. The standard InChI is InChI=1S/C12H23N3O3/c1-11(8-15-4-3-13-10-15)14-7-12(16)9-18-6-5-17-2/h3-4,10-12,14,16H,5-9H2,1-2H3. The second-order valence-electron chi connectivity index (χ2n) is 4.29. The Morgan fingerprint density at radius 3 is 2.94 bits per heavy atom. The summed E-state index contributed by atoms with van der Waals surface area (Å²) in [6, 6.07) is 0.271. The molecule has 2 atom stereocenters. The van der Waals surface area contributed by atoms with E-state index in [0.717, 1.165) is 6.54 Å². The minimum Gasteiger partial charge on any atom is -0.389 e. The summed E-state index contributed by atoms with van der Waals surface area (Å²) in [5.41, 5.74) is 0. The highest BCUT2D eigenvalue weighted by molar-refractivity contribution is 4.76. The van der Waals surface area contributed by atoms with Crippen molar-refractivity contribution in [2.45, 2.75) is 25.6 Å². The van der Waals surface area contributed by atoms with Gasteiger partial charge in [0.1, 0.15) is 0 Å². The van der Waals surface area contributed by atoms with E-state index in [4.69, 9.17) is 9.47 Å². The number of methoxy groups -OCH3 is 1. The van der Waals surface area contributed by atoms with Gasteiger partial charge in [0.15, 0.2) is 0 Å². The number of aliphatic hydroxyl groups excluding tert-OH is 1. The maximum Gasteiger partial charge on any atom is 0.0946 e. The first-order valence-electron chi connectivity index (χ1n) is 6.16. The van der Waals surface area contributed by atoms with Crippen LogP contribution in [0.4, 0.5) is 0 Å². The van der Waals surface area contributed by atoms with E-state index in [-0.39, 0.29) is 6.04 Å². The molecule has 1 rings (SSSR count). The maximum atomic E-state index is 9.68. The second-order valence-corrected chi connectivity index (χ2v) is 4.29. The summed E-state index contributed by atoms with van der Waals surface area (Å²) in [7, 11) is 1.62. The molecule has 0 bridgehead atoms. The lowest BCUT2D eigenvalue weighted by Crippen LogP contribution is -2.38. The Morgan fingerprint density at radius 1 is 1.44 bits per heavy atom. The van der Waals surface area contributed by atoms with E-state index in [2.05, 4.69) is 17.2 Å². The predicted molar refractivity (Wildman–Crippen MR) is 68.4 cm³/mol. The van der Waals surface area contributed by atoms with E-state index in [9.17, 15) is 5.11 Å². The van der Waals surface area contributed by atoms with Crippen LogP contribution >= 0.6 is 0 Å². The molecule has 0 amide bonds. The smallest absolute Gasteiger partial charge is 0.0946 e. The third-order valence-corrected chi connectivity index (χ3v) is 2.49. The summed E-state index contributed by atoms with van der Waals surface area (Å²) >= 11 is 0. The zero-order valence-corrected chi connectivity index (χ0v) is 11.1. The van der Waals surface area contributed by atoms with Crippen LogP contribution in [0.5, 0.6) is 0 Å². The van der Waals surface area contributed by atoms with Crippen LogP contribution in [0.2, 0.25) is 0 Å². The number of nitrogens with zero attached hydrogens (tertiary/aromatic N) is 2. The van der Waals surface area contributed by atoms with Crippen molar-refractivity contribution in [2.75, 3.05) is 33.5 Å². The summed E-state index contributed by atoms with van der Waals surface area (Å²) in [6.45, 7) is 4.81. The Bertz CT molecular complexity index is 293. The number of aliphatic hydroxyl groups is 1. The van der Waals surface area contributed by atoms with Gasteiger partial charge in [-0.05, 0) is 6.92 Å². The Balaban J connectivity index is 2.04. The molecule has 0 saturated carbocycles. The molecule has 0 spiro atoms. The maximum absolute atomic E-state index is 9.68. The average molecular weight is 257 g/mol. The van der Waals surface area contributed by atoms with Crippen LogP contribution < -0.4 is 5.32 Å². The SMILES string of the molecule is COCCOCC(O)CNC(C)Cn1ccnc1. The summed E-state index contributed by atoms with van der Waals surface area (Å²) in [4.78, 5) is 3.98. The normalized spacial score (nSPS) is 14.6. The van der Waals surface area contributed by atoms with Crippen molar-refractivity contribution < 1.29 is 14.6 Å². The lowest BCUT2D eigenvalue weighted by Gasteiger charge is -2.17. The summed E-state index contributed by atoms with van der Waals surface area (Å²) in [6.07, 6.45) is 4.96. The highest BCUT2D eigenvalue weighted by Gasteiger charge is 2.07. The molecule has 0 aliphatic rings. The van der Waals surface area contributed by atoms with Crippen molar-refractivity contribution in [3.8, 4) is 0 Å². The molecular weight excluding hydrogens is 234 g/mol. The number of imidazole rings is 1. The molecule has 104 valence electrons. The molecule has 1 aromatic heterocycles. The first kappa shape index (κ1) is 15.1. The quantitative estimate of drug-likeness (QED) is 0.572. The van der Waals surface area contributed by atoms with E-state index in [0.29, 0.717) is 26.4 Å². The van der Waals surface area contributed by atoms with Crippen LogP contribution in [0.25, 0.3) is 0 Å². The van der Waals surface area contributed by atoms with Gasteiger partial charge < -0.3 is 24.5 Å². The van der Waals surface area contributed by atoms with E-state index < -0.39 is 6.10 Å². The molecule has 0 aliphatic heterocycles. The number of nitrogens with one attached hydrogen (secondary N) is 1. The number of hydrogen-bond donors (Lipinski definition) is 2. The van der Waals surface area contributed by atoms with Crippen LogP contribution in [-0.2, 0) is 16.0 Å². The van der Waals surface area contributed by atoms with Gasteiger partial charge in [-0.3, -0.25) is 0 Å². The lowest BCUT2D eigenvalue weighted by atomic mass is 10.3. The largest absolute Gasteiger partial charge is 0.389 e. The van der Waals surface area contributed by atoms with Gasteiger partial charge in [0.05, 0.1) is 32.3 Å². The Kier molecular flexibility index (Phi) is 7.59. The fourth-order valence-corrected chi connectivity index (χ4v) is 1.53. The van der Waals surface area contributed by atoms with Crippen LogP contribution in [0.15, 0.2) is 18.7 Å². The van der Waals surface area contributed by atoms with Gasteiger partial charge in [0.2, 0.25) is 0 Å². The molecule has 0 aliphatic carbocycles. The average Bonchev–Trinajstić information content (AvgIpc) is 2.85. The highest BCUT2D eigenvalue weighted by atomic mass is 16.5. The molecule has 6 heteroatoms. The molecule has 18 heavy (non-hydrogen) atoms. The van der Waals surface area contributed by atoms with Crippen molar-refractivity contribution in [3.63, 3.8) is 0 Å². The van der Waals surface area contributed by atoms with Gasteiger partial charge >= 0.3 is 0 Å². The van der Waals surface area contributed by atoms with Gasteiger partial charge in [-0.1, -0.05) is 0 Å². The Labute approximate surface area is 108 Å². The zero-order chi connectivity index (χ0) is 13.2. The third kappa shape index (κ3) is 6.70. The zero-order valence-electron chi connectivity index (χ0n) is 11.1. The molecule has 2 unspecified atom stereocenters. The summed E-state index contributed by atoms with van der Waals surface area (Å²) in [5.74, 6) is 0. The molecule has 1 aromatic rings. The number of hydrogen-bond acceptors (Lipinski definition) is 5. The van der Waals surface area contributed by atoms with Crippen molar-refractivity contribution in [2.24, 2.45) is 0 Å². The molecule has 6 nitrogen and oxygen atoms in total. The Morgan fingerprint density at radius 2 is 2.28 bits per heavy atom. The molecule has 1 heterocycles. The monoisotopic (exact) mass is 257 g/mol. The minimum absolute atomic E-state index is 0.271. The van der Waals surface area contributed by atoms with E-state index in [1.165, 1.54) is 0 Å². The summed E-state index contributed by atoms with van der Waals surface area (Å²) in [5, 5.41) is 12.9. The van der Waals surface area contributed by atoms with Crippen LogP contribution in [0.3, 0.4) is 0 Å². The Hall–Kier alpha value is -0.950. The fourth-order valence-electron chi connectivity index (χ4n) is 1.53. The van der Waals surface area contributed by atoms with Crippen molar-refractivity contribution in [1.82, 2.24) is 14.9 Å². The number of rotatable bonds is 10. The van der Waals surface area contributed by atoms with E-state index in [1.807, 2.05) is 10.8 Å². The molecule has 2 N–H and O–H groups in total. The minimum atomic E-state index is -0.493. The highest BCUT2D eigenvalue weighted by Crippen LogP contribution is 1.92. The first-order valence-corrected chi connectivity index (χ1v) is 6.16. The molecule has 0 fully saturated rings. The van der Waals surface area contributed by atoms with Gasteiger partial charge in [-0.15, -0.1) is 0 Å². The topological polar surface area (TPSA) is 68.5 Å². The van der Waals surface area contributed by atoms with Crippen molar-refractivity contribution in [3.05, 3.63) is 18.7 Å². The van der Waals surface area contributed by atoms with E-state index >= 15 is 0 Å². The van der Waals surface area contributed by atoms with Crippen LogP contribution in [0.1, 0.15) is 6.92 Å². The van der Waals surface area contributed by atoms with Crippen LogP contribution in [-0.4, -0.2) is 60.3 Å². The fraction of sp³-hybridized carbons (Fsp3) is 0.750. The van der Waals surface area contributed by atoms with Crippen molar-refractivity contribution in [1.29, 1.82) is 0 Å². The first-order chi connectivity index (χ1) is 8.72. The molecule has 0 radical (unpaired) electrons. The molecule has 0 aromatic carbocycles. The summed E-state index contributed by atoms with van der Waals surface area (Å²) < 4.78 is 12.1. The van der Waals surface area contributed by atoms with Crippen molar-refractivity contribution >= 4 is 0 Å². The van der Waals surface area contributed by atoms with E-state index in [1.54, 1.807) is 19.6 Å². The van der Waals surface area contributed by atoms with Gasteiger partial charge in [0, 0.05) is 38.6 Å². The van der Waals surface area contributed by atoms with Gasteiger partial charge in [-0.25, -0.2) is 4.98 Å². The number of ether oxygens (including phenoxy) is 2. The van der Waals surface area contributed by atoms with Crippen LogP contribution in [0, 0.1) is 0 Å². The molecular formula is C12H23N3O3. The second kappa shape index (κ2) is 9.04. The van der Waals surface area contributed by atoms with Gasteiger partial charge in [-0.2, -0.15) is 0 Å². The van der Waals surface area contributed by atoms with Gasteiger partial charge in [0.25, 0.3) is 0 Å².